The Kier molecular flexibility index (Phi) is 3.75. The van der Waals surface area contributed by atoms with Gasteiger partial charge in [-0.25, -0.2) is 0 Å². The fourth-order valence-electron chi connectivity index (χ4n) is 2.80. The molecule has 1 aliphatic heterocycles. The minimum absolute atomic E-state index is 0.0238. The van der Waals surface area contributed by atoms with Gasteiger partial charge in [0.2, 0.25) is 11.8 Å². The summed E-state index contributed by atoms with van der Waals surface area (Å²) in [6, 6.07) is 7.38. The molecule has 21 heavy (non-hydrogen) atoms. The topological polar surface area (TPSA) is 75.4 Å². The van der Waals surface area contributed by atoms with Crippen molar-refractivity contribution in [1.82, 2.24) is 0 Å². The summed E-state index contributed by atoms with van der Waals surface area (Å²) in [4.78, 5) is 25.5. The molecule has 2 aliphatic rings. The standard InChI is InChI=1S/C16H19N3O2/c17-12-4-3-11(10-12)16(21)18-13-5-7-14(8-6-13)19-9-1-2-15(19)20/h3-8,11-12H,1-2,9-10,17H2,(H,18,21). The summed E-state index contributed by atoms with van der Waals surface area (Å²) in [5.41, 5.74) is 7.38. The molecule has 1 heterocycles. The molecule has 1 aromatic carbocycles. The third-order valence-electron chi connectivity index (χ3n) is 3.97. The number of nitrogens with one attached hydrogen (secondary N) is 1. The van der Waals surface area contributed by atoms with Crippen molar-refractivity contribution in [3.05, 3.63) is 36.4 Å². The van der Waals surface area contributed by atoms with E-state index in [0.29, 0.717) is 12.8 Å². The van der Waals surface area contributed by atoms with E-state index >= 15 is 0 Å². The lowest BCUT2D eigenvalue weighted by atomic mass is 10.1. The average Bonchev–Trinajstić information content (AvgIpc) is 3.08. The summed E-state index contributed by atoms with van der Waals surface area (Å²) in [6.07, 6.45) is 5.91. The molecule has 0 aromatic heterocycles. The lowest BCUT2D eigenvalue weighted by Crippen LogP contribution is -2.24. The Bertz CT molecular complexity index is 580. The van der Waals surface area contributed by atoms with E-state index in [-0.39, 0.29) is 23.8 Å². The van der Waals surface area contributed by atoms with Crippen LogP contribution in [0.3, 0.4) is 0 Å². The van der Waals surface area contributed by atoms with Gasteiger partial charge in [-0.2, -0.15) is 0 Å². The molecule has 0 spiro atoms. The smallest absolute Gasteiger partial charge is 0.231 e. The molecule has 5 nitrogen and oxygen atoms in total. The summed E-state index contributed by atoms with van der Waals surface area (Å²) in [5, 5.41) is 2.88. The highest BCUT2D eigenvalue weighted by Gasteiger charge is 2.23. The summed E-state index contributed by atoms with van der Waals surface area (Å²) in [6.45, 7) is 0.773. The summed E-state index contributed by atoms with van der Waals surface area (Å²) < 4.78 is 0. The van der Waals surface area contributed by atoms with Crippen LogP contribution in [0.2, 0.25) is 0 Å². The van der Waals surface area contributed by atoms with Gasteiger partial charge >= 0.3 is 0 Å². The lowest BCUT2D eigenvalue weighted by Gasteiger charge is -2.16. The van der Waals surface area contributed by atoms with Crippen LogP contribution in [0.1, 0.15) is 19.3 Å². The Morgan fingerprint density at radius 3 is 2.57 bits per heavy atom. The number of hydrogen-bond acceptors (Lipinski definition) is 3. The Labute approximate surface area is 123 Å². The quantitative estimate of drug-likeness (QED) is 0.829. The lowest BCUT2D eigenvalue weighted by molar-refractivity contribution is -0.118. The van der Waals surface area contributed by atoms with Gasteiger partial charge < -0.3 is 16.0 Å². The summed E-state index contributed by atoms with van der Waals surface area (Å²) in [7, 11) is 0. The van der Waals surface area contributed by atoms with E-state index in [1.54, 1.807) is 4.90 Å². The fraction of sp³-hybridized carbons (Fsp3) is 0.375. The van der Waals surface area contributed by atoms with Crippen molar-refractivity contribution in [3.8, 4) is 0 Å². The molecule has 1 saturated heterocycles. The van der Waals surface area contributed by atoms with Gasteiger partial charge in [-0.05, 0) is 37.1 Å². The van der Waals surface area contributed by atoms with E-state index in [9.17, 15) is 9.59 Å². The van der Waals surface area contributed by atoms with Gasteiger partial charge in [0.15, 0.2) is 0 Å². The van der Waals surface area contributed by atoms with E-state index in [0.717, 1.165) is 24.3 Å². The van der Waals surface area contributed by atoms with E-state index in [2.05, 4.69) is 5.32 Å². The number of hydrogen-bond donors (Lipinski definition) is 2. The van der Waals surface area contributed by atoms with Crippen LogP contribution >= 0.6 is 0 Å². The second-order valence-corrected chi connectivity index (χ2v) is 5.58. The van der Waals surface area contributed by atoms with E-state index in [4.69, 9.17) is 5.73 Å². The van der Waals surface area contributed by atoms with Crippen molar-refractivity contribution in [2.45, 2.75) is 25.3 Å². The normalized spacial score (nSPS) is 24.6. The van der Waals surface area contributed by atoms with Crippen molar-refractivity contribution >= 4 is 23.2 Å². The molecule has 2 amide bonds. The Hall–Kier alpha value is -2.14. The van der Waals surface area contributed by atoms with Gasteiger partial charge in [0.05, 0.1) is 5.92 Å². The van der Waals surface area contributed by atoms with Crippen LogP contribution in [-0.4, -0.2) is 24.4 Å². The number of nitrogens with zero attached hydrogens (tertiary/aromatic N) is 1. The van der Waals surface area contributed by atoms with Crippen LogP contribution in [0.25, 0.3) is 0 Å². The van der Waals surface area contributed by atoms with Crippen molar-refractivity contribution in [1.29, 1.82) is 0 Å². The molecular formula is C16H19N3O2. The minimum atomic E-state index is -0.153. The molecule has 0 radical (unpaired) electrons. The zero-order chi connectivity index (χ0) is 14.8. The van der Waals surface area contributed by atoms with E-state index in [1.165, 1.54) is 0 Å². The van der Waals surface area contributed by atoms with Gasteiger partial charge in [-0.3, -0.25) is 9.59 Å². The van der Waals surface area contributed by atoms with Gasteiger partial charge in [0, 0.05) is 30.4 Å². The second-order valence-electron chi connectivity index (χ2n) is 5.58. The maximum absolute atomic E-state index is 12.1. The molecule has 3 N–H and O–H groups in total. The molecule has 1 fully saturated rings. The monoisotopic (exact) mass is 285 g/mol. The van der Waals surface area contributed by atoms with Gasteiger partial charge in [-0.1, -0.05) is 12.2 Å². The highest BCUT2D eigenvalue weighted by molar-refractivity contribution is 5.96. The number of benzene rings is 1. The highest BCUT2D eigenvalue weighted by Crippen LogP contribution is 2.24. The van der Waals surface area contributed by atoms with Crippen molar-refractivity contribution < 1.29 is 9.59 Å². The van der Waals surface area contributed by atoms with Crippen LogP contribution in [0.4, 0.5) is 11.4 Å². The fourth-order valence-corrected chi connectivity index (χ4v) is 2.80. The summed E-state index contributed by atoms with van der Waals surface area (Å²) >= 11 is 0. The van der Waals surface area contributed by atoms with Crippen molar-refractivity contribution in [3.63, 3.8) is 0 Å². The van der Waals surface area contributed by atoms with Crippen LogP contribution in [-0.2, 0) is 9.59 Å². The van der Waals surface area contributed by atoms with Gasteiger partial charge in [-0.15, -0.1) is 0 Å². The SMILES string of the molecule is NC1C=CC(C(=O)Nc2ccc(N3CCCC3=O)cc2)C1. The number of carbonyl (C=O) groups is 2. The van der Waals surface area contributed by atoms with Crippen LogP contribution < -0.4 is 16.0 Å². The third-order valence-corrected chi connectivity index (χ3v) is 3.97. The van der Waals surface area contributed by atoms with Crippen molar-refractivity contribution in [2.24, 2.45) is 11.7 Å². The first-order chi connectivity index (χ1) is 10.1. The number of amides is 2. The zero-order valence-electron chi connectivity index (χ0n) is 11.8. The maximum Gasteiger partial charge on any atom is 0.231 e. The molecule has 2 unspecified atom stereocenters. The predicted octanol–water partition coefficient (Wildman–Crippen LogP) is 1.66. The molecule has 1 aliphatic carbocycles. The first kappa shape index (κ1) is 13.8. The van der Waals surface area contributed by atoms with Gasteiger partial charge in [0.25, 0.3) is 0 Å². The Morgan fingerprint density at radius 2 is 2.00 bits per heavy atom. The van der Waals surface area contributed by atoms with Crippen LogP contribution in [0.5, 0.6) is 0 Å². The molecule has 1 aromatic rings. The number of carbonyl (C=O) groups excluding carboxylic acids is 2. The molecule has 5 heteroatoms. The number of rotatable bonds is 3. The highest BCUT2D eigenvalue weighted by atomic mass is 16.2. The molecule has 0 bridgehead atoms. The van der Waals surface area contributed by atoms with Gasteiger partial charge in [0.1, 0.15) is 0 Å². The zero-order valence-corrected chi connectivity index (χ0v) is 11.8. The largest absolute Gasteiger partial charge is 0.326 e. The number of nitrogens with two attached hydrogens (primary N) is 1. The molecule has 0 saturated carbocycles. The van der Waals surface area contributed by atoms with E-state index < -0.39 is 0 Å². The predicted molar refractivity (Wildman–Crippen MR) is 81.9 cm³/mol. The first-order valence-corrected chi connectivity index (χ1v) is 7.29. The number of anilines is 2. The Morgan fingerprint density at radius 1 is 1.24 bits per heavy atom. The molecular weight excluding hydrogens is 266 g/mol. The summed E-state index contributed by atoms with van der Waals surface area (Å²) in [5.74, 6) is -0.0269. The molecule has 2 atom stereocenters. The molecule has 3 rings (SSSR count). The first-order valence-electron chi connectivity index (χ1n) is 7.29. The van der Waals surface area contributed by atoms with E-state index in [1.807, 2.05) is 36.4 Å². The van der Waals surface area contributed by atoms with Crippen molar-refractivity contribution in [2.75, 3.05) is 16.8 Å². The third kappa shape index (κ3) is 2.97. The van der Waals surface area contributed by atoms with Crippen LogP contribution in [0.15, 0.2) is 36.4 Å². The van der Waals surface area contributed by atoms with Crippen LogP contribution in [0, 0.1) is 5.92 Å². The average molecular weight is 285 g/mol. The maximum atomic E-state index is 12.1. The minimum Gasteiger partial charge on any atom is -0.326 e. The Balaban J connectivity index is 1.63. The molecule has 110 valence electrons. The second kappa shape index (κ2) is 5.69.